The number of nitrogens with two attached hydrogens (primary N) is 1. The fraction of sp³-hybridized carbons (Fsp3) is 0.333. The van der Waals surface area contributed by atoms with E-state index in [0.717, 1.165) is 25.9 Å². The fourth-order valence-corrected chi connectivity index (χ4v) is 3.22. The molecule has 0 atom stereocenters. The molecule has 0 unspecified atom stereocenters. The van der Waals surface area contributed by atoms with Crippen LogP contribution in [-0.2, 0) is 5.41 Å². The Kier molecular flexibility index (Phi) is 4.20. The van der Waals surface area contributed by atoms with Crippen molar-refractivity contribution in [2.24, 2.45) is 5.73 Å². The maximum Gasteiger partial charge on any atom is 0.253 e. The first-order valence-corrected chi connectivity index (χ1v) is 7.70. The van der Waals surface area contributed by atoms with Gasteiger partial charge in [-0.2, -0.15) is 0 Å². The van der Waals surface area contributed by atoms with Crippen molar-refractivity contribution in [3.05, 3.63) is 66.0 Å². The number of carbonyl (C=O) groups excluding carboxylic acids is 1. The van der Waals surface area contributed by atoms with Crippen LogP contribution >= 0.6 is 0 Å². The van der Waals surface area contributed by atoms with Crippen molar-refractivity contribution < 1.29 is 4.79 Å². The summed E-state index contributed by atoms with van der Waals surface area (Å²) in [5.41, 5.74) is 8.08. The quantitative estimate of drug-likeness (QED) is 0.944. The average Bonchev–Trinajstić information content (AvgIpc) is 2.63. The Labute approximate surface area is 131 Å². The van der Waals surface area contributed by atoms with Gasteiger partial charge in [-0.05, 0) is 30.5 Å². The molecule has 4 nitrogen and oxygen atoms in total. The van der Waals surface area contributed by atoms with Crippen molar-refractivity contribution in [2.75, 3.05) is 19.6 Å². The first kappa shape index (κ1) is 14.7. The molecule has 1 saturated heterocycles. The summed E-state index contributed by atoms with van der Waals surface area (Å²) in [7, 11) is 0. The highest BCUT2D eigenvalue weighted by Gasteiger charge is 2.36. The van der Waals surface area contributed by atoms with E-state index in [4.69, 9.17) is 5.73 Å². The average molecular weight is 295 g/mol. The van der Waals surface area contributed by atoms with Gasteiger partial charge in [0.15, 0.2) is 0 Å². The van der Waals surface area contributed by atoms with Gasteiger partial charge in [-0.1, -0.05) is 30.3 Å². The van der Waals surface area contributed by atoms with E-state index in [1.807, 2.05) is 11.0 Å². The van der Waals surface area contributed by atoms with Crippen LogP contribution in [-0.4, -0.2) is 35.4 Å². The SMILES string of the molecule is NCC1(c2ccccc2)CCN(C(=O)c2ccncc2)CC1. The van der Waals surface area contributed by atoms with Gasteiger partial charge in [-0.15, -0.1) is 0 Å². The summed E-state index contributed by atoms with van der Waals surface area (Å²) in [6.45, 7) is 2.11. The van der Waals surface area contributed by atoms with Gasteiger partial charge in [-0.25, -0.2) is 0 Å². The number of hydrogen-bond acceptors (Lipinski definition) is 3. The van der Waals surface area contributed by atoms with E-state index >= 15 is 0 Å². The molecule has 0 radical (unpaired) electrons. The molecule has 22 heavy (non-hydrogen) atoms. The fourth-order valence-electron chi connectivity index (χ4n) is 3.22. The third-order valence-electron chi connectivity index (χ3n) is 4.71. The molecule has 2 N–H and O–H groups in total. The zero-order valence-corrected chi connectivity index (χ0v) is 12.6. The number of rotatable bonds is 3. The van der Waals surface area contributed by atoms with Gasteiger partial charge in [0.05, 0.1) is 0 Å². The Hall–Kier alpha value is -2.20. The molecule has 1 aromatic heterocycles. The summed E-state index contributed by atoms with van der Waals surface area (Å²) >= 11 is 0. The van der Waals surface area contributed by atoms with E-state index in [9.17, 15) is 4.79 Å². The van der Waals surface area contributed by atoms with Crippen LogP contribution in [0.3, 0.4) is 0 Å². The van der Waals surface area contributed by atoms with E-state index in [2.05, 4.69) is 29.2 Å². The van der Waals surface area contributed by atoms with E-state index in [-0.39, 0.29) is 11.3 Å². The van der Waals surface area contributed by atoms with Gasteiger partial charge in [0, 0.05) is 43.0 Å². The second-order valence-electron chi connectivity index (χ2n) is 5.88. The van der Waals surface area contributed by atoms with E-state index < -0.39 is 0 Å². The molecule has 2 heterocycles. The number of hydrogen-bond donors (Lipinski definition) is 1. The largest absolute Gasteiger partial charge is 0.339 e. The Morgan fingerprint density at radius 3 is 2.32 bits per heavy atom. The topological polar surface area (TPSA) is 59.2 Å². The maximum atomic E-state index is 12.5. The van der Waals surface area contributed by atoms with Crippen molar-refractivity contribution in [1.82, 2.24) is 9.88 Å². The van der Waals surface area contributed by atoms with Crippen LogP contribution < -0.4 is 5.73 Å². The Balaban J connectivity index is 1.73. The molecule has 0 spiro atoms. The Morgan fingerprint density at radius 2 is 1.73 bits per heavy atom. The highest BCUT2D eigenvalue weighted by molar-refractivity contribution is 5.94. The third-order valence-corrected chi connectivity index (χ3v) is 4.71. The van der Waals surface area contributed by atoms with Crippen molar-refractivity contribution in [3.8, 4) is 0 Å². The summed E-state index contributed by atoms with van der Waals surface area (Å²) in [4.78, 5) is 18.4. The van der Waals surface area contributed by atoms with Crippen molar-refractivity contribution >= 4 is 5.91 Å². The van der Waals surface area contributed by atoms with Crippen LogP contribution in [0.25, 0.3) is 0 Å². The molecule has 1 amide bonds. The molecule has 2 aromatic rings. The molecular weight excluding hydrogens is 274 g/mol. The number of aromatic nitrogens is 1. The summed E-state index contributed by atoms with van der Waals surface area (Å²) in [6.07, 6.45) is 5.13. The zero-order chi connectivity index (χ0) is 15.4. The minimum atomic E-state index is -0.00369. The molecule has 1 aliphatic rings. The summed E-state index contributed by atoms with van der Waals surface area (Å²) < 4.78 is 0. The molecule has 1 aromatic carbocycles. The minimum absolute atomic E-state index is 0.00369. The second-order valence-corrected chi connectivity index (χ2v) is 5.88. The molecule has 4 heteroatoms. The lowest BCUT2D eigenvalue weighted by atomic mass is 9.73. The van der Waals surface area contributed by atoms with Crippen molar-refractivity contribution in [1.29, 1.82) is 0 Å². The van der Waals surface area contributed by atoms with Gasteiger partial charge < -0.3 is 10.6 Å². The number of nitrogens with zero attached hydrogens (tertiary/aromatic N) is 2. The van der Waals surface area contributed by atoms with Crippen LogP contribution in [0.5, 0.6) is 0 Å². The number of carbonyl (C=O) groups is 1. The van der Waals surface area contributed by atoms with Crippen molar-refractivity contribution in [2.45, 2.75) is 18.3 Å². The Morgan fingerprint density at radius 1 is 1.09 bits per heavy atom. The zero-order valence-electron chi connectivity index (χ0n) is 12.6. The first-order valence-electron chi connectivity index (χ1n) is 7.70. The molecule has 3 rings (SSSR count). The number of piperidine rings is 1. The highest BCUT2D eigenvalue weighted by atomic mass is 16.2. The van der Waals surface area contributed by atoms with Crippen molar-refractivity contribution in [3.63, 3.8) is 0 Å². The highest BCUT2D eigenvalue weighted by Crippen LogP contribution is 2.34. The van der Waals surface area contributed by atoms with Crippen LogP contribution in [0.15, 0.2) is 54.9 Å². The lowest BCUT2D eigenvalue weighted by molar-refractivity contribution is 0.0670. The smallest absolute Gasteiger partial charge is 0.253 e. The Bertz CT molecular complexity index is 619. The maximum absolute atomic E-state index is 12.5. The second kappa shape index (κ2) is 6.28. The first-order chi connectivity index (χ1) is 10.7. The molecule has 0 aliphatic carbocycles. The third kappa shape index (κ3) is 2.74. The molecule has 1 aliphatic heterocycles. The van der Waals surface area contributed by atoms with Crippen LogP contribution in [0, 0.1) is 0 Å². The van der Waals surface area contributed by atoms with Gasteiger partial charge in [-0.3, -0.25) is 9.78 Å². The number of benzene rings is 1. The predicted octanol–water partition coefficient (Wildman–Crippen LogP) is 2.21. The predicted molar refractivity (Wildman–Crippen MR) is 86.5 cm³/mol. The summed E-state index contributed by atoms with van der Waals surface area (Å²) in [5.74, 6) is 0.0843. The molecule has 114 valence electrons. The normalized spacial score (nSPS) is 17.2. The van der Waals surface area contributed by atoms with E-state index in [0.29, 0.717) is 12.1 Å². The van der Waals surface area contributed by atoms with E-state index in [1.54, 1.807) is 24.5 Å². The van der Waals surface area contributed by atoms with Gasteiger partial charge >= 0.3 is 0 Å². The molecular formula is C18H21N3O. The van der Waals surface area contributed by atoms with Gasteiger partial charge in [0.2, 0.25) is 0 Å². The monoisotopic (exact) mass is 295 g/mol. The molecule has 0 bridgehead atoms. The summed E-state index contributed by atoms with van der Waals surface area (Å²) in [6, 6.07) is 14.0. The standard InChI is InChI=1S/C18H21N3O/c19-14-18(16-4-2-1-3-5-16)8-12-21(13-9-18)17(22)15-6-10-20-11-7-15/h1-7,10-11H,8-9,12-14,19H2. The van der Waals surface area contributed by atoms with Crippen LogP contribution in [0.2, 0.25) is 0 Å². The lowest BCUT2D eigenvalue weighted by Crippen LogP contribution is -2.48. The van der Waals surface area contributed by atoms with Crippen LogP contribution in [0.4, 0.5) is 0 Å². The number of likely N-dealkylation sites (tertiary alicyclic amines) is 1. The van der Waals surface area contributed by atoms with Gasteiger partial charge in [0.1, 0.15) is 0 Å². The minimum Gasteiger partial charge on any atom is -0.339 e. The van der Waals surface area contributed by atoms with Crippen LogP contribution in [0.1, 0.15) is 28.8 Å². The lowest BCUT2D eigenvalue weighted by Gasteiger charge is -2.41. The van der Waals surface area contributed by atoms with E-state index in [1.165, 1.54) is 5.56 Å². The number of pyridine rings is 1. The number of amides is 1. The molecule has 1 fully saturated rings. The summed E-state index contributed by atoms with van der Waals surface area (Å²) in [5, 5.41) is 0. The van der Waals surface area contributed by atoms with Gasteiger partial charge in [0.25, 0.3) is 5.91 Å². The molecule has 0 saturated carbocycles.